The second-order valence-corrected chi connectivity index (χ2v) is 7.54. The predicted octanol–water partition coefficient (Wildman–Crippen LogP) is 5.61. The number of para-hydroxylation sites is 1. The van der Waals surface area contributed by atoms with Crippen molar-refractivity contribution in [3.8, 4) is 11.4 Å². The van der Waals surface area contributed by atoms with Crippen LogP contribution in [0.4, 0.5) is 0 Å². The second-order valence-electron chi connectivity index (χ2n) is 7.54. The zero-order chi connectivity index (χ0) is 23.1. The third-order valence-corrected chi connectivity index (χ3v) is 5.20. The first-order valence-electron chi connectivity index (χ1n) is 10.5. The molecule has 0 unspecified atom stereocenters. The summed E-state index contributed by atoms with van der Waals surface area (Å²) in [6.45, 7) is 8.06. The maximum atomic E-state index is 13.6. The van der Waals surface area contributed by atoms with Crippen molar-refractivity contribution in [3.05, 3.63) is 108 Å². The van der Waals surface area contributed by atoms with Crippen molar-refractivity contribution in [2.45, 2.75) is 20.4 Å². The Hall–Kier alpha value is -3.86. The molecule has 164 valence electrons. The lowest BCUT2D eigenvalue weighted by Gasteiger charge is -2.18. The first-order valence-corrected chi connectivity index (χ1v) is 10.5. The highest BCUT2D eigenvalue weighted by molar-refractivity contribution is 5.99. The maximum absolute atomic E-state index is 13.6. The summed E-state index contributed by atoms with van der Waals surface area (Å²) in [5, 5.41) is 4.82. The van der Waals surface area contributed by atoms with Gasteiger partial charge in [0.15, 0.2) is 0 Å². The number of ether oxygens (including phenoxy) is 1. The zero-order valence-corrected chi connectivity index (χ0v) is 19.1. The highest BCUT2D eigenvalue weighted by Gasteiger charge is 2.25. The molecule has 1 amide bonds. The summed E-state index contributed by atoms with van der Waals surface area (Å²) in [4.78, 5) is 15.3. The van der Waals surface area contributed by atoms with Crippen LogP contribution in [0.25, 0.3) is 11.3 Å². The van der Waals surface area contributed by atoms with E-state index in [1.807, 2.05) is 98.4 Å². The van der Waals surface area contributed by atoms with E-state index >= 15 is 0 Å². The lowest BCUT2D eigenvalue weighted by atomic mass is 10.1. The van der Waals surface area contributed by atoms with Gasteiger partial charge in [0.2, 0.25) is 0 Å². The van der Waals surface area contributed by atoms with Crippen LogP contribution in [0.2, 0.25) is 0 Å². The predicted molar refractivity (Wildman–Crippen MR) is 130 cm³/mol. The molecule has 0 atom stereocenters. The second kappa shape index (κ2) is 10.4. The molecule has 0 bridgehead atoms. The van der Waals surface area contributed by atoms with Crippen LogP contribution >= 0.6 is 0 Å². The van der Waals surface area contributed by atoms with Gasteiger partial charge in [0.1, 0.15) is 11.4 Å². The van der Waals surface area contributed by atoms with E-state index in [-0.39, 0.29) is 5.91 Å². The number of hydrogen-bond acceptors (Lipinski definition) is 3. The lowest BCUT2D eigenvalue weighted by Crippen LogP contribution is -2.27. The molecule has 5 nitrogen and oxygen atoms in total. The monoisotopic (exact) mass is 427 g/mol. The molecule has 3 rings (SSSR count). The van der Waals surface area contributed by atoms with Crippen LogP contribution < -0.4 is 4.74 Å². The van der Waals surface area contributed by atoms with Gasteiger partial charge in [-0.2, -0.15) is 5.10 Å². The Labute approximate surface area is 189 Å². The summed E-state index contributed by atoms with van der Waals surface area (Å²) < 4.78 is 7.14. The van der Waals surface area contributed by atoms with Gasteiger partial charge in [0, 0.05) is 13.6 Å². The average Bonchev–Trinajstić information content (AvgIpc) is 3.16. The summed E-state index contributed by atoms with van der Waals surface area (Å²) in [6.07, 6.45) is 7.40. The van der Waals surface area contributed by atoms with Crippen LogP contribution in [0, 0.1) is 6.92 Å². The average molecular weight is 428 g/mol. The van der Waals surface area contributed by atoms with E-state index in [0.29, 0.717) is 17.8 Å². The van der Waals surface area contributed by atoms with Crippen LogP contribution in [0.5, 0.6) is 5.75 Å². The van der Waals surface area contributed by atoms with E-state index in [1.54, 1.807) is 18.1 Å². The molecule has 1 aromatic heterocycles. The standard InChI is InChI=1S/C27H29N3O2/c1-6-7-9-13-20(2)26-25(21(3)30(28-26)23-15-10-8-11-16-23)27(31)29(4)19-22-14-12-17-24(18-22)32-5/h6-18H,1,19H2,2-5H3/b9-7-,20-13+. The van der Waals surface area contributed by atoms with Crippen molar-refractivity contribution >= 4 is 11.5 Å². The number of carbonyl (C=O) groups is 1. The highest BCUT2D eigenvalue weighted by Crippen LogP contribution is 2.26. The molecule has 0 N–H and O–H groups in total. The molecule has 0 aliphatic heterocycles. The van der Waals surface area contributed by atoms with Gasteiger partial charge < -0.3 is 9.64 Å². The molecular weight excluding hydrogens is 398 g/mol. The molecule has 32 heavy (non-hydrogen) atoms. The molecule has 0 aliphatic carbocycles. The number of allylic oxidation sites excluding steroid dienone is 5. The SMILES string of the molecule is C=C/C=C\C=C(/C)c1nn(-c2ccccc2)c(C)c1C(=O)N(C)Cc1cccc(OC)c1. The number of benzene rings is 2. The normalized spacial score (nSPS) is 11.6. The molecule has 3 aromatic rings. The Kier molecular flexibility index (Phi) is 7.45. The Morgan fingerprint density at radius 1 is 1.16 bits per heavy atom. The molecule has 0 aliphatic rings. The van der Waals surface area contributed by atoms with Crippen LogP contribution in [0.15, 0.2) is 85.5 Å². The van der Waals surface area contributed by atoms with Gasteiger partial charge in [-0.1, -0.05) is 61.2 Å². The van der Waals surface area contributed by atoms with Gasteiger partial charge in [-0.25, -0.2) is 4.68 Å². The van der Waals surface area contributed by atoms with Crippen molar-refractivity contribution in [1.29, 1.82) is 0 Å². The quantitative estimate of drug-likeness (QED) is 0.439. The first-order chi connectivity index (χ1) is 15.5. The number of amides is 1. The number of rotatable bonds is 8. The van der Waals surface area contributed by atoms with Gasteiger partial charge >= 0.3 is 0 Å². The summed E-state index contributed by atoms with van der Waals surface area (Å²) in [5.41, 5.74) is 4.88. The fraction of sp³-hybridized carbons (Fsp3) is 0.185. The molecule has 2 aromatic carbocycles. The lowest BCUT2D eigenvalue weighted by molar-refractivity contribution is 0.0784. The fourth-order valence-electron chi connectivity index (χ4n) is 3.52. The first kappa shape index (κ1) is 22.8. The summed E-state index contributed by atoms with van der Waals surface area (Å²) in [6, 6.07) is 17.6. The Morgan fingerprint density at radius 3 is 2.59 bits per heavy atom. The smallest absolute Gasteiger partial charge is 0.258 e. The van der Waals surface area contributed by atoms with E-state index in [4.69, 9.17) is 9.84 Å². The summed E-state index contributed by atoms with van der Waals surface area (Å²) in [5.74, 6) is 0.688. The van der Waals surface area contributed by atoms with E-state index in [9.17, 15) is 4.79 Å². The third-order valence-electron chi connectivity index (χ3n) is 5.20. The summed E-state index contributed by atoms with van der Waals surface area (Å²) >= 11 is 0. The van der Waals surface area contributed by atoms with Crippen LogP contribution in [0.3, 0.4) is 0 Å². The molecule has 1 heterocycles. The number of aromatic nitrogens is 2. The van der Waals surface area contributed by atoms with Crippen molar-refractivity contribution in [1.82, 2.24) is 14.7 Å². The van der Waals surface area contributed by atoms with Gasteiger partial charge in [0.25, 0.3) is 5.91 Å². The highest BCUT2D eigenvalue weighted by atomic mass is 16.5. The molecular formula is C27H29N3O2. The molecule has 0 fully saturated rings. The van der Waals surface area contributed by atoms with Crippen molar-refractivity contribution in [3.63, 3.8) is 0 Å². The van der Waals surface area contributed by atoms with Gasteiger partial charge in [0.05, 0.1) is 24.1 Å². The Morgan fingerprint density at radius 2 is 1.91 bits per heavy atom. The van der Waals surface area contributed by atoms with Gasteiger partial charge in [-0.3, -0.25) is 4.79 Å². The van der Waals surface area contributed by atoms with E-state index in [1.165, 1.54) is 0 Å². The van der Waals surface area contributed by atoms with E-state index in [0.717, 1.165) is 28.3 Å². The number of nitrogens with zero attached hydrogens (tertiary/aromatic N) is 3. The molecule has 0 saturated carbocycles. The minimum Gasteiger partial charge on any atom is -0.497 e. The van der Waals surface area contributed by atoms with E-state index < -0.39 is 0 Å². The van der Waals surface area contributed by atoms with Crippen molar-refractivity contribution < 1.29 is 9.53 Å². The topological polar surface area (TPSA) is 47.4 Å². The minimum atomic E-state index is -0.0806. The summed E-state index contributed by atoms with van der Waals surface area (Å²) in [7, 11) is 3.44. The van der Waals surface area contributed by atoms with Crippen molar-refractivity contribution in [2.24, 2.45) is 0 Å². The maximum Gasteiger partial charge on any atom is 0.258 e. The van der Waals surface area contributed by atoms with Crippen LogP contribution in [-0.2, 0) is 6.54 Å². The minimum absolute atomic E-state index is 0.0806. The van der Waals surface area contributed by atoms with Gasteiger partial charge in [-0.05, 0) is 49.2 Å². The van der Waals surface area contributed by atoms with Gasteiger partial charge in [-0.15, -0.1) is 0 Å². The molecule has 5 heteroatoms. The number of methoxy groups -OCH3 is 1. The largest absolute Gasteiger partial charge is 0.497 e. The molecule has 0 saturated heterocycles. The Balaban J connectivity index is 2.03. The molecule has 0 radical (unpaired) electrons. The van der Waals surface area contributed by atoms with E-state index in [2.05, 4.69) is 6.58 Å². The fourth-order valence-corrected chi connectivity index (χ4v) is 3.52. The Bertz CT molecular complexity index is 1160. The van der Waals surface area contributed by atoms with Crippen LogP contribution in [0.1, 0.15) is 34.2 Å². The van der Waals surface area contributed by atoms with Crippen molar-refractivity contribution in [2.75, 3.05) is 14.2 Å². The number of carbonyl (C=O) groups excluding carboxylic acids is 1. The zero-order valence-electron chi connectivity index (χ0n) is 19.1. The number of hydrogen-bond donors (Lipinski definition) is 0. The molecule has 0 spiro atoms. The third kappa shape index (κ3) is 5.06. The van der Waals surface area contributed by atoms with Crippen LogP contribution in [-0.4, -0.2) is 34.7 Å².